The highest BCUT2D eigenvalue weighted by molar-refractivity contribution is 9.09. The van der Waals surface area contributed by atoms with Crippen molar-refractivity contribution in [3.63, 3.8) is 0 Å². The van der Waals surface area contributed by atoms with Crippen molar-refractivity contribution in [3.8, 4) is 0 Å². The summed E-state index contributed by atoms with van der Waals surface area (Å²) in [4.78, 5) is 0. The standard InChI is InChI=1S/C7H13Br/c1-5-3-7(4-8)6(5)2/h5-7H,3-4H2,1-2H3. The lowest BCUT2D eigenvalue weighted by molar-refractivity contribution is 0.126. The van der Waals surface area contributed by atoms with E-state index in [4.69, 9.17) is 0 Å². The lowest BCUT2D eigenvalue weighted by Gasteiger charge is -2.39. The Morgan fingerprint density at radius 2 is 2.12 bits per heavy atom. The first kappa shape index (κ1) is 6.60. The Labute approximate surface area is 59.8 Å². The Bertz CT molecular complexity index is 80.5. The molecular weight excluding hydrogens is 164 g/mol. The molecule has 0 spiro atoms. The van der Waals surface area contributed by atoms with Gasteiger partial charge in [0.1, 0.15) is 0 Å². The minimum absolute atomic E-state index is 0.967. The van der Waals surface area contributed by atoms with Crippen LogP contribution >= 0.6 is 15.9 Å². The fourth-order valence-electron chi connectivity index (χ4n) is 1.38. The SMILES string of the molecule is CC1CC(CBr)C1C. The smallest absolute Gasteiger partial charge is 0.00624 e. The van der Waals surface area contributed by atoms with E-state index in [1.807, 2.05) is 0 Å². The molecule has 48 valence electrons. The quantitative estimate of drug-likeness (QED) is 0.540. The Balaban J connectivity index is 2.25. The van der Waals surface area contributed by atoms with Crippen LogP contribution in [0.25, 0.3) is 0 Å². The van der Waals surface area contributed by atoms with Gasteiger partial charge in [-0.05, 0) is 24.2 Å². The molecule has 1 aliphatic carbocycles. The minimum atomic E-state index is 0.967. The molecule has 0 saturated heterocycles. The van der Waals surface area contributed by atoms with E-state index in [0.29, 0.717) is 0 Å². The van der Waals surface area contributed by atoms with Gasteiger partial charge in [0.05, 0.1) is 0 Å². The molecule has 0 aliphatic heterocycles. The lowest BCUT2D eigenvalue weighted by Crippen LogP contribution is -2.33. The molecule has 1 fully saturated rings. The maximum Gasteiger partial charge on any atom is 0.00624 e. The van der Waals surface area contributed by atoms with Crippen molar-refractivity contribution in [1.29, 1.82) is 0 Å². The molecule has 1 rings (SSSR count). The fraction of sp³-hybridized carbons (Fsp3) is 1.00. The van der Waals surface area contributed by atoms with Gasteiger partial charge in [0.25, 0.3) is 0 Å². The van der Waals surface area contributed by atoms with E-state index in [1.54, 1.807) is 0 Å². The summed E-state index contributed by atoms with van der Waals surface area (Å²) >= 11 is 3.49. The number of alkyl halides is 1. The van der Waals surface area contributed by atoms with E-state index in [0.717, 1.165) is 17.8 Å². The molecule has 8 heavy (non-hydrogen) atoms. The van der Waals surface area contributed by atoms with Crippen LogP contribution < -0.4 is 0 Å². The number of hydrogen-bond acceptors (Lipinski definition) is 0. The molecule has 0 aromatic heterocycles. The zero-order valence-electron chi connectivity index (χ0n) is 5.52. The third-order valence-electron chi connectivity index (χ3n) is 2.51. The summed E-state index contributed by atoms with van der Waals surface area (Å²) in [5.74, 6) is 2.93. The molecule has 0 N–H and O–H groups in total. The minimum Gasteiger partial charge on any atom is -0.0925 e. The highest BCUT2D eigenvalue weighted by Gasteiger charge is 2.32. The summed E-state index contributed by atoms with van der Waals surface area (Å²) in [5, 5.41) is 1.21. The third kappa shape index (κ3) is 0.928. The summed E-state index contributed by atoms with van der Waals surface area (Å²) < 4.78 is 0. The first-order valence-electron chi connectivity index (χ1n) is 3.31. The van der Waals surface area contributed by atoms with Crippen LogP contribution in [-0.2, 0) is 0 Å². The van der Waals surface area contributed by atoms with E-state index >= 15 is 0 Å². The van der Waals surface area contributed by atoms with Gasteiger partial charge < -0.3 is 0 Å². The second-order valence-electron chi connectivity index (χ2n) is 2.99. The molecule has 1 aliphatic rings. The molecule has 0 aromatic carbocycles. The molecule has 0 radical (unpaired) electrons. The molecule has 0 bridgehead atoms. The summed E-state index contributed by atoms with van der Waals surface area (Å²) in [7, 11) is 0. The monoisotopic (exact) mass is 176 g/mol. The van der Waals surface area contributed by atoms with Crippen LogP contribution in [0.1, 0.15) is 20.3 Å². The van der Waals surface area contributed by atoms with Gasteiger partial charge >= 0.3 is 0 Å². The number of hydrogen-bond donors (Lipinski definition) is 0. The molecule has 0 amide bonds. The maximum atomic E-state index is 3.49. The van der Waals surface area contributed by atoms with E-state index in [-0.39, 0.29) is 0 Å². The Kier molecular flexibility index (Phi) is 1.97. The van der Waals surface area contributed by atoms with Gasteiger partial charge in [0, 0.05) is 5.33 Å². The number of rotatable bonds is 1. The largest absolute Gasteiger partial charge is 0.0925 e. The molecule has 1 saturated carbocycles. The van der Waals surface area contributed by atoms with E-state index in [1.165, 1.54) is 11.8 Å². The van der Waals surface area contributed by atoms with Crippen molar-refractivity contribution in [2.24, 2.45) is 17.8 Å². The van der Waals surface area contributed by atoms with Crippen LogP contribution in [0.2, 0.25) is 0 Å². The molecule has 3 atom stereocenters. The predicted octanol–water partition coefficient (Wildman–Crippen LogP) is 2.67. The van der Waals surface area contributed by atoms with Gasteiger partial charge in [-0.15, -0.1) is 0 Å². The summed E-state index contributed by atoms with van der Waals surface area (Å²) in [6.45, 7) is 4.68. The van der Waals surface area contributed by atoms with Crippen molar-refractivity contribution in [2.45, 2.75) is 20.3 Å². The van der Waals surface area contributed by atoms with Crippen molar-refractivity contribution in [1.82, 2.24) is 0 Å². The Morgan fingerprint density at radius 3 is 2.25 bits per heavy atom. The zero-order valence-corrected chi connectivity index (χ0v) is 7.11. The average molecular weight is 177 g/mol. The van der Waals surface area contributed by atoms with Crippen LogP contribution in [-0.4, -0.2) is 5.33 Å². The highest BCUT2D eigenvalue weighted by Crippen LogP contribution is 2.40. The maximum absolute atomic E-state index is 3.49. The van der Waals surface area contributed by atoms with Gasteiger partial charge in [-0.3, -0.25) is 0 Å². The van der Waals surface area contributed by atoms with Crippen LogP contribution in [0.3, 0.4) is 0 Å². The van der Waals surface area contributed by atoms with Crippen LogP contribution in [0.4, 0.5) is 0 Å². The van der Waals surface area contributed by atoms with Crippen molar-refractivity contribution in [3.05, 3.63) is 0 Å². The molecule has 1 heteroatoms. The Morgan fingerprint density at radius 1 is 1.50 bits per heavy atom. The summed E-state index contributed by atoms with van der Waals surface area (Å²) in [6, 6.07) is 0. The van der Waals surface area contributed by atoms with Crippen LogP contribution in [0.5, 0.6) is 0 Å². The van der Waals surface area contributed by atoms with Gasteiger partial charge in [-0.1, -0.05) is 29.8 Å². The zero-order chi connectivity index (χ0) is 6.15. The Hall–Kier alpha value is 0.480. The van der Waals surface area contributed by atoms with Gasteiger partial charge in [0.2, 0.25) is 0 Å². The first-order valence-corrected chi connectivity index (χ1v) is 4.43. The molecular formula is C7H13Br. The van der Waals surface area contributed by atoms with Crippen molar-refractivity contribution in [2.75, 3.05) is 5.33 Å². The van der Waals surface area contributed by atoms with Crippen LogP contribution in [0.15, 0.2) is 0 Å². The third-order valence-corrected chi connectivity index (χ3v) is 3.35. The second kappa shape index (κ2) is 2.38. The molecule has 0 aromatic rings. The average Bonchev–Trinajstić information content (AvgIpc) is 1.81. The summed E-state index contributed by atoms with van der Waals surface area (Å²) in [5.41, 5.74) is 0. The second-order valence-corrected chi connectivity index (χ2v) is 3.63. The van der Waals surface area contributed by atoms with Crippen molar-refractivity contribution < 1.29 is 0 Å². The van der Waals surface area contributed by atoms with E-state index < -0.39 is 0 Å². The molecule has 3 unspecified atom stereocenters. The number of halogens is 1. The molecule has 0 heterocycles. The van der Waals surface area contributed by atoms with Gasteiger partial charge in [-0.2, -0.15) is 0 Å². The predicted molar refractivity (Wildman–Crippen MR) is 40.2 cm³/mol. The van der Waals surface area contributed by atoms with Crippen molar-refractivity contribution >= 4 is 15.9 Å². The van der Waals surface area contributed by atoms with E-state index in [2.05, 4.69) is 29.8 Å². The van der Waals surface area contributed by atoms with Gasteiger partial charge in [0.15, 0.2) is 0 Å². The van der Waals surface area contributed by atoms with E-state index in [9.17, 15) is 0 Å². The summed E-state index contributed by atoms with van der Waals surface area (Å²) in [6.07, 6.45) is 1.44. The fourth-order valence-corrected chi connectivity index (χ4v) is 2.23. The normalized spacial score (nSPS) is 46.1. The first-order chi connectivity index (χ1) is 3.75. The topological polar surface area (TPSA) is 0 Å². The highest BCUT2D eigenvalue weighted by atomic mass is 79.9. The van der Waals surface area contributed by atoms with Crippen LogP contribution in [0, 0.1) is 17.8 Å². The lowest BCUT2D eigenvalue weighted by atomic mass is 9.68. The van der Waals surface area contributed by atoms with Gasteiger partial charge in [-0.25, -0.2) is 0 Å². The molecule has 0 nitrogen and oxygen atoms in total.